The third kappa shape index (κ3) is 1.72. The monoisotopic (exact) mass is 241 g/mol. The predicted octanol–water partition coefficient (Wildman–Crippen LogP) is 3.63. The lowest BCUT2D eigenvalue weighted by Crippen LogP contribution is -2.29. The van der Waals surface area contributed by atoms with Crippen molar-refractivity contribution < 1.29 is 5.11 Å². The summed E-state index contributed by atoms with van der Waals surface area (Å²) in [5.74, 6) is 0.388. The van der Waals surface area contributed by atoms with Crippen LogP contribution in [0.1, 0.15) is 38.2 Å². The predicted molar refractivity (Wildman–Crippen MR) is 73.3 cm³/mol. The molecule has 18 heavy (non-hydrogen) atoms. The number of hydrogen-bond donors (Lipinski definition) is 1. The summed E-state index contributed by atoms with van der Waals surface area (Å²) in [6.45, 7) is 2.17. The number of benzene rings is 1. The molecule has 1 aromatic carbocycles. The first-order valence-corrected chi connectivity index (χ1v) is 6.81. The summed E-state index contributed by atoms with van der Waals surface area (Å²) in [5, 5.41) is 12.1. The molecule has 0 amide bonds. The van der Waals surface area contributed by atoms with Crippen LogP contribution in [0, 0.1) is 5.92 Å². The Bertz CT molecular complexity index is 566. The summed E-state index contributed by atoms with van der Waals surface area (Å²) in [5.41, 5.74) is 1.38. The fourth-order valence-electron chi connectivity index (χ4n) is 3.32. The molecule has 1 aromatic heterocycles. The number of fused-ring (bicyclic) bond motifs is 1. The van der Waals surface area contributed by atoms with Crippen molar-refractivity contribution in [2.24, 2.45) is 5.92 Å². The van der Waals surface area contributed by atoms with Gasteiger partial charge in [-0.2, -0.15) is 0 Å². The highest BCUT2D eigenvalue weighted by molar-refractivity contribution is 5.79. The molecule has 94 valence electrons. The van der Waals surface area contributed by atoms with Crippen LogP contribution >= 0.6 is 0 Å². The van der Waals surface area contributed by atoms with Crippen LogP contribution in [0.25, 0.3) is 10.9 Å². The minimum absolute atomic E-state index is 0.388. The fraction of sp³-hybridized carbons (Fsp3) is 0.438. The molecule has 1 fully saturated rings. The number of rotatable bonds is 2. The minimum Gasteiger partial charge on any atom is -0.385 e. The van der Waals surface area contributed by atoms with Crippen molar-refractivity contribution in [3.05, 3.63) is 42.1 Å². The van der Waals surface area contributed by atoms with Crippen LogP contribution < -0.4 is 0 Å². The van der Waals surface area contributed by atoms with E-state index in [0.29, 0.717) is 5.92 Å². The number of aliphatic hydroxyl groups is 1. The van der Waals surface area contributed by atoms with Gasteiger partial charge >= 0.3 is 0 Å². The lowest BCUT2D eigenvalue weighted by molar-refractivity contribution is -0.00376. The molecule has 1 N–H and O–H groups in total. The van der Waals surface area contributed by atoms with E-state index in [1.165, 1.54) is 0 Å². The Hall–Kier alpha value is -1.41. The Morgan fingerprint density at radius 3 is 3.11 bits per heavy atom. The fourth-order valence-corrected chi connectivity index (χ4v) is 3.32. The van der Waals surface area contributed by atoms with E-state index in [4.69, 9.17) is 0 Å². The van der Waals surface area contributed by atoms with Crippen LogP contribution in [0.5, 0.6) is 0 Å². The SMILES string of the molecule is CCC1CCCC1(O)c1ccc2cccnc2c1. The summed E-state index contributed by atoms with van der Waals surface area (Å²) < 4.78 is 0. The Morgan fingerprint density at radius 1 is 1.39 bits per heavy atom. The van der Waals surface area contributed by atoms with E-state index < -0.39 is 5.60 Å². The first-order valence-electron chi connectivity index (χ1n) is 6.81. The van der Waals surface area contributed by atoms with E-state index in [2.05, 4.69) is 36.2 Å². The van der Waals surface area contributed by atoms with Gasteiger partial charge in [0, 0.05) is 11.6 Å². The van der Waals surface area contributed by atoms with Crippen LogP contribution in [0.3, 0.4) is 0 Å². The van der Waals surface area contributed by atoms with Crippen molar-refractivity contribution in [2.75, 3.05) is 0 Å². The number of nitrogens with zero attached hydrogens (tertiary/aromatic N) is 1. The summed E-state index contributed by atoms with van der Waals surface area (Å²) in [4.78, 5) is 4.38. The van der Waals surface area contributed by atoms with Crippen LogP contribution in [0.15, 0.2) is 36.5 Å². The van der Waals surface area contributed by atoms with Gasteiger partial charge in [-0.05, 0) is 42.9 Å². The summed E-state index contributed by atoms with van der Waals surface area (Å²) in [6, 6.07) is 10.2. The van der Waals surface area contributed by atoms with Crippen molar-refractivity contribution in [1.82, 2.24) is 4.98 Å². The molecule has 2 atom stereocenters. The van der Waals surface area contributed by atoms with Crippen LogP contribution in [0.2, 0.25) is 0 Å². The first kappa shape index (κ1) is 11.7. The van der Waals surface area contributed by atoms with Gasteiger partial charge in [0.25, 0.3) is 0 Å². The quantitative estimate of drug-likeness (QED) is 0.871. The second-order valence-corrected chi connectivity index (χ2v) is 5.33. The number of hydrogen-bond acceptors (Lipinski definition) is 2. The van der Waals surface area contributed by atoms with Gasteiger partial charge in [-0.3, -0.25) is 4.98 Å². The maximum atomic E-state index is 11.0. The maximum Gasteiger partial charge on any atom is 0.0925 e. The molecule has 0 spiro atoms. The molecule has 0 saturated heterocycles. The summed E-state index contributed by atoms with van der Waals surface area (Å²) in [7, 11) is 0. The highest BCUT2D eigenvalue weighted by Gasteiger charge is 2.41. The van der Waals surface area contributed by atoms with Crippen molar-refractivity contribution in [3.8, 4) is 0 Å². The van der Waals surface area contributed by atoms with Gasteiger partial charge in [-0.25, -0.2) is 0 Å². The molecule has 2 heteroatoms. The van der Waals surface area contributed by atoms with Gasteiger partial charge < -0.3 is 5.11 Å². The molecule has 3 rings (SSSR count). The Balaban J connectivity index is 2.08. The summed E-state index contributed by atoms with van der Waals surface area (Å²) in [6.07, 6.45) is 5.98. The van der Waals surface area contributed by atoms with Gasteiger partial charge in [-0.15, -0.1) is 0 Å². The van der Waals surface area contributed by atoms with E-state index in [1.807, 2.05) is 12.3 Å². The average molecular weight is 241 g/mol. The molecular formula is C16H19NO. The smallest absolute Gasteiger partial charge is 0.0925 e. The lowest BCUT2D eigenvalue weighted by atomic mass is 9.82. The molecule has 1 aliphatic carbocycles. The Labute approximate surface area is 108 Å². The van der Waals surface area contributed by atoms with Crippen LogP contribution in [0.4, 0.5) is 0 Å². The van der Waals surface area contributed by atoms with Gasteiger partial charge in [-0.1, -0.05) is 31.5 Å². The number of aromatic nitrogens is 1. The zero-order chi connectivity index (χ0) is 12.6. The van der Waals surface area contributed by atoms with Crippen molar-refractivity contribution >= 4 is 10.9 Å². The highest BCUT2D eigenvalue weighted by Crippen LogP contribution is 2.45. The van der Waals surface area contributed by atoms with E-state index in [-0.39, 0.29) is 0 Å². The van der Waals surface area contributed by atoms with Gasteiger partial charge in [0.2, 0.25) is 0 Å². The van der Waals surface area contributed by atoms with E-state index in [1.54, 1.807) is 0 Å². The average Bonchev–Trinajstić information content (AvgIpc) is 2.80. The normalized spacial score (nSPS) is 27.8. The van der Waals surface area contributed by atoms with E-state index in [0.717, 1.165) is 42.1 Å². The van der Waals surface area contributed by atoms with E-state index >= 15 is 0 Å². The van der Waals surface area contributed by atoms with Gasteiger partial charge in [0.1, 0.15) is 0 Å². The molecule has 1 saturated carbocycles. The molecule has 2 unspecified atom stereocenters. The molecule has 1 heterocycles. The van der Waals surface area contributed by atoms with Crippen molar-refractivity contribution in [3.63, 3.8) is 0 Å². The molecule has 0 aliphatic heterocycles. The lowest BCUT2D eigenvalue weighted by Gasteiger charge is -2.30. The van der Waals surface area contributed by atoms with Gasteiger partial charge in [0.15, 0.2) is 0 Å². The van der Waals surface area contributed by atoms with Crippen molar-refractivity contribution in [2.45, 2.75) is 38.2 Å². The minimum atomic E-state index is -0.638. The molecule has 2 aromatic rings. The van der Waals surface area contributed by atoms with E-state index in [9.17, 15) is 5.11 Å². The third-order valence-electron chi connectivity index (χ3n) is 4.38. The van der Waals surface area contributed by atoms with Crippen molar-refractivity contribution in [1.29, 1.82) is 0 Å². The molecule has 0 bridgehead atoms. The molecule has 0 radical (unpaired) electrons. The van der Waals surface area contributed by atoms with Gasteiger partial charge in [0.05, 0.1) is 11.1 Å². The molecular weight excluding hydrogens is 222 g/mol. The Kier molecular flexibility index (Phi) is 2.83. The number of pyridine rings is 1. The topological polar surface area (TPSA) is 33.1 Å². The van der Waals surface area contributed by atoms with Crippen LogP contribution in [-0.2, 0) is 5.60 Å². The van der Waals surface area contributed by atoms with Crippen LogP contribution in [-0.4, -0.2) is 10.1 Å². The highest BCUT2D eigenvalue weighted by atomic mass is 16.3. The molecule has 2 nitrogen and oxygen atoms in total. The first-order chi connectivity index (χ1) is 8.74. The Morgan fingerprint density at radius 2 is 2.28 bits per heavy atom. The largest absolute Gasteiger partial charge is 0.385 e. The standard InChI is InChI=1S/C16H19NO/c1-2-13-6-3-9-16(13,18)14-8-7-12-5-4-10-17-15(12)11-14/h4-5,7-8,10-11,13,18H,2-3,6,9H2,1H3. The second-order valence-electron chi connectivity index (χ2n) is 5.33. The second kappa shape index (κ2) is 4.36. The summed E-state index contributed by atoms with van der Waals surface area (Å²) >= 11 is 0. The zero-order valence-corrected chi connectivity index (χ0v) is 10.8. The third-order valence-corrected chi connectivity index (χ3v) is 4.38. The maximum absolute atomic E-state index is 11.0. The molecule has 1 aliphatic rings. The zero-order valence-electron chi connectivity index (χ0n) is 10.8.